The van der Waals surface area contributed by atoms with Gasteiger partial charge < -0.3 is 14.9 Å². The molecule has 2 heterocycles. The Hall–Kier alpha value is -2.01. The highest BCUT2D eigenvalue weighted by Gasteiger charge is 2.70. The van der Waals surface area contributed by atoms with Crippen LogP contribution in [0.25, 0.3) is 0 Å². The highest BCUT2D eigenvalue weighted by Crippen LogP contribution is 2.59. The Balaban J connectivity index is 1.59. The van der Waals surface area contributed by atoms with Crippen LogP contribution in [0.3, 0.4) is 0 Å². The maximum absolute atomic E-state index is 13.4. The number of halogens is 4. The fourth-order valence-corrected chi connectivity index (χ4v) is 6.99. The molecular formula is C21H24ClF3N2O5S. The number of hydrogen-bond donors (Lipinski definition) is 1. The van der Waals surface area contributed by atoms with Crippen LogP contribution in [0.2, 0.25) is 5.02 Å². The van der Waals surface area contributed by atoms with E-state index in [2.05, 4.69) is 4.90 Å². The van der Waals surface area contributed by atoms with Crippen LogP contribution in [0, 0.1) is 5.41 Å². The third kappa shape index (κ3) is 4.18. The number of sulfone groups is 1. The third-order valence-corrected chi connectivity index (χ3v) is 9.51. The lowest BCUT2D eigenvalue weighted by Crippen LogP contribution is -2.48. The lowest BCUT2D eigenvalue weighted by molar-refractivity contribution is -0.199. The molecule has 2 unspecified atom stereocenters. The van der Waals surface area contributed by atoms with Gasteiger partial charge >= 0.3 is 12.1 Å². The van der Waals surface area contributed by atoms with Gasteiger partial charge in [0.15, 0.2) is 9.84 Å². The number of nitrogens with zero attached hydrogens (tertiary/aromatic N) is 2. The second kappa shape index (κ2) is 8.33. The number of carbonyl (C=O) groups is 2. The van der Waals surface area contributed by atoms with E-state index in [9.17, 15) is 36.3 Å². The molecule has 182 valence electrons. The molecule has 1 N–H and O–H groups in total. The number of aliphatic carboxylic acids is 1. The number of amides is 1. The fourth-order valence-electron chi connectivity index (χ4n) is 4.75. The predicted octanol–water partition coefficient (Wildman–Crippen LogP) is 3.50. The lowest BCUT2D eigenvalue weighted by Gasteiger charge is -2.29. The molecule has 33 heavy (non-hydrogen) atoms. The number of hydrogen-bond acceptors (Lipinski definition) is 5. The summed E-state index contributed by atoms with van der Waals surface area (Å²) in [6, 6.07) is 2.86. The molecule has 2 atom stereocenters. The van der Waals surface area contributed by atoms with Crippen molar-refractivity contribution >= 4 is 39.0 Å². The zero-order chi connectivity index (χ0) is 24.2. The number of alkyl halides is 3. The summed E-state index contributed by atoms with van der Waals surface area (Å²) in [4.78, 5) is 26.9. The van der Waals surface area contributed by atoms with Crippen molar-refractivity contribution in [2.24, 2.45) is 5.41 Å². The van der Waals surface area contributed by atoms with Crippen molar-refractivity contribution in [3.63, 3.8) is 0 Å². The summed E-state index contributed by atoms with van der Waals surface area (Å²) in [5.74, 6) is -2.91. The van der Waals surface area contributed by atoms with Crippen molar-refractivity contribution in [1.29, 1.82) is 0 Å². The van der Waals surface area contributed by atoms with Crippen molar-refractivity contribution in [2.75, 3.05) is 24.5 Å². The molecule has 1 aromatic rings. The summed E-state index contributed by atoms with van der Waals surface area (Å²) in [5, 5.41) is 8.10. The molecule has 2 aliphatic heterocycles. The Morgan fingerprint density at radius 3 is 2.27 bits per heavy atom. The summed E-state index contributed by atoms with van der Waals surface area (Å²) >= 11 is 6.30. The van der Waals surface area contributed by atoms with Crippen LogP contribution in [0.4, 0.5) is 18.9 Å². The first kappa shape index (κ1) is 24.1. The third-order valence-electron chi connectivity index (χ3n) is 6.89. The number of piperidine rings is 1. The quantitative estimate of drug-likeness (QED) is 0.654. The van der Waals surface area contributed by atoms with Gasteiger partial charge in [0, 0.05) is 25.3 Å². The van der Waals surface area contributed by atoms with Gasteiger partial charge in [-0.05, 0) is 56.7 Å². The summed E-state index contributed by atoms with van der Waals surface area (Å²) in [7, 11) is -4.20. The van der Waals surface area contributed by atoms with Gasteiger partial charge in [-0.2, -0.15) is 13.2 Å². The van der Waals surface area contributed by atoms with Crippen LogP contribution in [-0.2, 0) is 19.4 Å². The van der Waals surface area contributed by atoms with Gasteiger partial charge in [0.1, 0.15) is 11.5 Å². The van der Waals surface area contributed by atoms with Crippen LogP contribution in [-0.4, -0.2) is 67.4 Å². The number of carbonyl (C=O) groups excluding carboxylic acids is 1. The zero-order valence-corrected chi connectivity index (χ0v) is 19.2. The Morgan fingerprint density at radius 2 is 1.76 bits per heavy atom. The topological polar surface area (TPSA) is 95.0 Å². The van der Waals surface area contributed by atoms with Crippen molar-refractivity contribution < 1.29 is 36.3 Å². The number of carboxylic acid groups (broad SMARTS) is 1. The fraction of sp³-hybridized carbons (Fsp3) is 0.619. The van der Waals surface area contributed by atoms with Crippen molar-refractivity contribution in [3.05, 3.63) is 23.2 Å². The smallest absolute Gasteiger partial charge is 0.403 e. The van der Waals surface area contributed by atoms with E-state index in [-0.39, 0.29) is 9.92 Å². The van der Waals surface area contributed by atoms with Crippen LogP contribution >= 0.6 is 11.6 Å². The summed E-state index contributed by atoms with van der Waals surface area (Å²) in [6.07, 6.45) is -3.04. The second-order valence-corrected chi connectivity index (χ2v) is 11.6. The van der Waals surface area contributed by atoms with Crippen LogP contribution in [0.1, 0.15) is 38.5 Å². The molecular weight excluding hydrogens is 485 g/mol. The van der Waals surface area contributed by atoms with E-state index in [1.807, 2.05) is 0 Å². The monoisotopic (exact) mass is 508 g/mol. The van der Waals surface area contributed by atoms with Gasteiger partial charge in [-0.25, -0.2) is 13.2 Å². The van der Waals surface area contributed by atoms with Gasteiger partial charge in [0.25, 0.3) is 0 Å². The minimum Gasteiger partial charge on any atom is -0.480 e. The maximum atomic E-state index is 13.4. The number of benzene rings is 1. The summed E-state index contributed by atoms with van der Waals surface area (Å²) in [5.41, 5.74) is -1.85. The van der Waals surface area contributed by atoms with Crippen molar-refractivity contribution in [3.8, 4) is 0 Å². The van der Waals surface area contributed by atoms with E-state index in [4.69, 9.17) is 11.6 Å². The van der Waals surface area contributed by atoms with Gasteiger partial charge in [-0.15, -0.1) is 0 Å². The molecule has 0 spiro atoms. The standard InChI is InChI=1S/C21H24ClF3N2O5S/c22-15-10-13(26-8-2-1-3-9-26)4-5-17(15)33(31,32)14-11-16(18(28)29)27(12-14)19(30)20(6-7-20)21(23,24)25/h4-5,10,14,16H,1-3,6-9,11-12H2,(H,28,29). The van der Waals surface area contributed by atoms with Crippen molar-refractivity contribution in [1.82, 2.24) is 4.90 Å². The molecule has 12 heteroatoms. The SMILES string of the molecule is O=C(O)C1CC(S(=O)(=O)c2ccc(N3CCCCC3)cc2Cl)CN1C(=O)C1(C(F)(F)F)CC1. The Labute approximate surface area is 194 Å². The van der Waals surface area contributed by atoms with E-state index in [1.165, 1.54) is 12.1 Å². The summed E-state index contributed by atoms with van der Waals surface area (Å²) in [6.45, 7) is 1.02. The molecule has 1 aromatic carbocycles. The van der Waals surface area contributed by atoms with Gasteiger partial charge in [-0.3, -0.25) is 4.79 Å². The van der Waals surface area contributed by atoms with Crippen LogP contribution in [0.15, 0.2) is 23.1 Å². The average molecular weight is 509 g/mol. The zero-order valence-electron chi connectivity index (χ0n) is 17.6. The second-order valence-electron chi connectivity index (χ2n) is 8.96. The minimum absolute atomic E-state index is 0.0383. The molecule has 7 nitrogen and oxygen atoms in total. The molecule has 3 fully saturated rings. The molecule has 4 rings (SSSR count). The largest absolute Gasteiger partial charge is 0.480 e. The first-order chi connectivity index (χ1) is 15.4. The number of rotatable bonds is 5. The Kier molecular flexibility index (Phi) is 6.09. The molecule has 1 amide bonds. The van der Waals surface area contributed by atoms with E-state index >= 15 is 0 Å². The summed E-state index contributed by atoms with van der Waals surface area (Å²) < 4.78 is 66.9. The maximum Gasteiger partial charge on any atom is 0.403 e. The number of carboxylic acids is 1. The molecule has 3 aliphatic rings. The van der Waals surface area contributed by atoms with Crippen molar-refractivity contribution in [2.45, 2.75) is 60.9 Å². The van der Waals surface area contributed by atoms with E-state index in [0.717, 1.165) is 38.0 Å². The molecule has 1 saturated carbocycles. The van der Waals surface area contributed by atoms with Crippen LogP contribution in [0.5, 0.6) is 0 Å². The highest BCUT2D eigenvalue weighted by molar-refractivity contribution is 7.92. The first-order valence-electron chi connectivity index (χ1n) is 10.8. The average Bonchev–Trinajstić information content (AvgIpc) is 3.45. The highest BCUT2D eigenvalue weighted by atomic mass is 35.5. The van der Waals surface area contributed by atoms with E-state index < -0.39 is 70.4 Å². The predicted molar refractivity (Wildman–Crippen MR) is 114 cm³/mol. The van der Waals surface area contributed by atoms with Gasteiger partial charge in [-0.1, -0.05) is 11.6 Å². The number of anilines is 1. The first-order valence-corrected chi connectivity index (χ1v) is 12.7. The molecule has 0 aromatic heterocycles. The molecule has 0 bridgehead atoms. The van der Waals surface area contributed by atoms with Gasteiger partial charge in [0.2, 0.25) is 5.91 Å². The lowest BCUT2D eigenvalue weighted by atomic mass is 10.0. The normalized spacial score (nSPS) is 25.2. The molecule has 0 radical (unpaired) electrons. The minimum atomic E-state index is -4.82. The molecule has 1 aliphatic carbocycles. The van der Waals surface area contributed by atoms with Gasteiger partial charge in [0.05, 0.1) is 15.2 Å². The Morgan fingerprint density at radius 1 is 1.12 bits per heavy atom. The van der Waals surface area contributed by atoms with E-state index in [0.29, 0.717) is 4.90 Å². The van der Waals surface area contributed by atoms with Crippen LogP contribution < -0.4 is 4.90 Å². The molecule has 2 saturated heterocycles. The number of likely N-dealkylation sites (tertiary alicyclic amines) is 1. The Bertz CT molecular complexity index is 1070. The van der Waals surface area contributed by atoms with E-state index in [1.54, 1.807) is 6.07 Å².